The normalized spacial score (nSPS) is 17.5. The van der Waals surface area contributed by atoms with Crippen LogP contribution in [-0.2, 0) is 0 Å². The maximum Gasteiger partial charge on any atom is 0.290 e. The standard InChI is InChI=1S/C21H22N2O3/c1-14-7-8-18-15(11-14)12-20(26-18)21(24)23-10-9-22-13-17(23)16-5-3-4-6-19(16)25-2/h3-8,11-12,17,22H,9-10,13H2,1-2H3. The molecule has 0 saturated carbocycles. The van der Waals surface area contributed by atoms with Gasteiger partial charge in [0.25, 0.3) is 5.91 Å². The molecule has 4 rings (SSSR count). The van der Waals surface area contributed by atoms with Crippen molar-refractivity contribution in [2.75, 3.05) is 26.7 Å². The second kappa shape index (κ2) is 6.84. The first-order valence-corrected chi connectivity index (χ1v) is 8.82. The molecule has 26 heavy (non-hydrogen) atoms. The predicted octanol–water partition coefficient (Wildman–Crippen LogP) is 3.54. The summed E-state index contributed by atoms with van der Waals surface area (Å²) >= 11 is 0. The number of carbonyl (C=O) groups is 1. The molecule has 5 heteroatoms. The molecule has 134 valence electrons. The number of fused-ring (bicyclic) bond motifs is 1. The summed E-state index contributed by atoms with van der Waals surface area (Å²) in [7, 11) is 1.66. The van der Waals surface area contributed by atoms with Gasteiger partial charge in [-0.05, 0) is 31.2 Å². The number of aryl methyl sites for hydroxylation is 1. The zero-order valence-electron chi connectivity index (χ0n) is 15.0. The van der Waals surface area contributed by atoms with Crippen molar-refractivity contribution in [3.63, 3.8) is 0 Å². The minimum atomic E-state index is -0.0950. The van der Waals surface area contributed by atoms with Crippen LogP contribution in [0, 0.1) is 6.92 Å². The van der Waals surface area contributed by atoms with Crippen LogP contribution in [0.4, 0.5) is 0 Å². The van der Waals surface area contributed by atoms with Crippen molar-refractivity contribution in [3.05, 3.63) is 65.4 Å². The van der Waals surface area contributed by atoms with E-state index in [1.807, 2.05) is 60.4 Å². The Hall–Kier alpha value is -2.79. The Morgan fingerprint density at radius 2 is 2.08 bits per heavy atom. The van der Waals surface area contributed by atoms with E-state index in [-0.39, 0.29) is 11.9 Å². The Morgan fingerprint density at radius 1 is 1.23 bits per heavy atom. The second-order valence-corrected chi connectivity index (χ2v) is 6.61. The highest BCUT2D eigenvalue weighted by Crippen LogP contribution is 2.32. The maximum atomic E-state index is 13.2. The predicted molar refractivity (Wildman–Crippen MR) is 101 cm³/mol. The number of nitrogens with zero attached hydrogens (tertiary/aromatic N) is 1. The third-order valence-electron chi connectivity index (χ3n) is 4.88. The van der Waals surface area contributed by atoms with Crippen molar-refractivity contribution in [1.82, 2.24) is 10.2 Å². The van der Waals surface area contributed by atoms with Gasteiger partial charge >= 0.3 is 0 Å². The lowest BCUT2D eigenvalue weighted by atomic mass is 10.0. The van der Waals surface area contributed by atoms with E-state index in [1.54, 1.807) is 7.11 Å². The highest BCUT2D eigenvalue weighted by Gasteiger charge is 2.32. The van der Waals surface area contributed by atoms with E-state index in [2.05, 4.69) is 5.32 Å². The van der Waals surface area contributed by atoms with Crippen molar-refractivity contribution in [2.45, 2.75) is 13.0 Å². The number of ether oxygens (including phenoxy) is 1. The zero-order chi connectivity index (χ0) is 18.1. The molecule has 5 nitrogen and oxygen atoms in total. The van der Waals surface area contributed by atoms with E-state index in [0.29, 0.717) is 18.8 Å². The minimum absolute atomic E-state index is 0.0868. The highest BCUT2D eigenvalue weighted by atomic mass is 16.5. The average Bonchev–Trinajstić information content (AvgIpc) is 3.10. The summed E-state index contributed by atoms with van der Waals surface area (Å²) < 4.78 is 11.3. The van der Waals surface area contributed by atoms with Crippen LogP contribution in [0.3, 0.4) is 0 Å². The molecule has 2 heterocycles. The molecule has 1 N–H and O–H groups in total. The Labute approximate surface area is 152 Å². The van der Waals surface area contributed by atoms with Crippen LogP contribution >= 0.6 is 0 Å². The smallest absolute Gasteiger partial charge is 0.290 e. The molecule has 2 aromatic carbocycles. The molecule has 1 amide bonds. The number of furan rings is 1. The lowest BCUT2D eigenvalue weighted by molar-refractivity contribution is 0.0601. The first-order chi connectivity index (χ1) is 12.7. The topological polar surface area (TPSA) is 54.7 Å². The van der Waals surface area contributed by atoms with Gasteiger partial charge < -0.3 is 19.4 Å². The largest absolute Gasteiger partial charge is 0.496 e. The Bertz CT molecular complexity index is 947. The van der Waals surface area contributed by atoms with E-state index in [0.717, 1.165) is 34.4 Å². The Balaban J connectivity index is 1.69. The quantitative estimate of drug-likeness (QED) is 0.785. The highest BCUT2D eigenvalue weighted by molar-refractivity contribution is 5.96. The lowest BCUT2D eigenvalue weighted by Gasteiger charge is -2.36. The molecule has 1 aliphatic rings. The van der Waals surface area contributed by atoms with Crippen LogP contribution < -0.4 is 10.1 Å². The van der Waals surface area contributed by atoms with Crippen molar-refractivity contribution in [2.24, 2.45) is 0 Å². The number of hydrogen-bond acceptors (Lipinski definition) is 4. The summed E-state index contributed by atoms with van der Waals surface area (Å²) in [6, 6.07) is 15.5. The number of methoxy groups -OCH3 is 1. The van der Waals surface area contributed by atoms with E-state index < -0.39 is 0 Å². The van der Waals surface area contributed by atoms with Gasteiger partial charge in [0.05, 0.1) is 13.2 Å². The molecule has 1 aromatic heterocycles. The van der Waals surface area contributed by atoms with Gasteiger partial charge in [0.15, 0.2) is 5.76 Å². The molecule has 1 unspecified atom stereocenters. The summed E-state index contributed by atoms with van der Waals surface area (Å²) in [6.07, 6.45) is 0. The van der Waals surface area contributed by atoms with Gasteiger partial charge in [0.1, 0.15) is 11.3 Å². The van der Waals surface area contributed by atoms with E-state index in [1.165, 1.54) is 0 Å². The van der Waals surface area contributed by atoms with Crippen molar-refractivity contribution < 1.29 is 13.9 Å². The molecule has 0 aliphatic carbocycles. The molecule has 1 atom stereocenters. The van der Waals surface area contributed by atoms with Crippen LogP contribution in [-0.4, -0.2) is 37.6 Å². The van der Waals surface area contributed by atoms with Crippen LogP contribution in [0.25, 0.3) is 11.0 Å². The number of benzene rings is 2. The fourth-order valence-electron chi connectivity index (χ4n) is 3.58. The number of amides is 1. The van der Waals surface area contributed by atoms with Crippen LogP contribution in [0.2, 0.25) is 0 Å². The second-order valence-electron chi connectivity index (χ2n) is 6.61. The molecule has 1 saturated heterocycles. The van der Waals surface area contributed by atoms with Crippen LogP contribution in [0.5, 0.6) is 5.75 Å². The van der Waals surface area contributed by atoms with Gasteiger partial charge in [0.2, 0.25) is 0 Å². The first-order valence-electron chi connectivity index (χ1n) is 8.82. The molecule has 1 aliphatic heterocycles. The van der Waals surface area contributed by atoms with Gasteiger partial charge in [0, 0.05) is 30.6 Å². The number of para-hydroxylation sites is 1. The first kappa shape index (κ1) is 16.7. The van der Waals surface area contributed by atoms with Crippen molar-refractivity contribution in [1.29, 1.82) is 0 Å². The fourth-order valence-corrected chi connectivity index (χ4v) is 3.58. The molecular weight excluding hydrogens is 328 g/mol. The number of piperazine rings is 1. The SMILES string of the molecule is COc1ccccc1C1CNCCN1C(=O)c1cc2cc(C)ccc2o1. The summed E-state index contributed by atoms with van der Waals surface area (Å²) in [5.74, 6) is 1.09. The summed E-state index contributed by atoms with van der Waals surface area (Å²) in [5, 5.41) is 4.33. The minimum Gasteiger partial charge on any atom is -0.496 e. The Kier molecular flexibility index (Phi) is 4.39. The lowest BCUT2D eigenvalue weighted by Crippen LogP contribution is -2.48. The molecule has 0 spiro atoms. The van der Waals surface area contributed by atoms with Crippen molar-refractivity contribution in [3.8, 4) is 5.75 Å². The maximum absolute atomic E-state index is 13.2. The third kappa shape index (κ3) is 2.95. The molecule has 1 fully saturated rings. The monoisotopic (exact) mass is 350 g/mol. The van der Waals surface area contributed by atoms with E-state index in [9.17, 15) is 4.79 Å². The molecule has 0 bridgehead atoms. The van der Waals surface area contributed by atoms with E-state index in [4.69, 9.17) is 9.15 Å². The van der Waals surface area contributed by atoms with Gasteiger partial charge in [-0.15, -0.1) is 0 Å². The fraction of sp³-hybridized carbons (Fsp3) is 0.286. The summed E-state index contributed by atoms with van der Waals surface area (Å²) in [4.78, 5) is 15.1. The van der Waals surface area contributed by atoms with Crippen LogP contribution in [0.15, 0.2) is 52.9 Å². The number of hydrogen-bond donors (Lipinski definition) is 1. The van der Waals surface area contributed by atoms with Gasteiger partial charge in [-0.3, -0.25) is 4.79 Å². The average molecular weight is 350 g/mol. The summed E-state index contributed by atoms with van der Waals surface area (Å²) in [6.45, 7) is 4.10. The van der Waals surface area contributed by atoms with E-state index >= 15 is 0 Å². The molecule has 0 radical (unpaired) electrons. The van der Waals surface area contributed by atoms with Gasteiger partial charge in [-0.1, -0.05) is 29.8 Å². The van der Waals surface area contributed by atoms with Gasteiger partial charge in [-0.25, -0.2) is 0 Å². The molecule has 3 aromatic rings. The number of rotatable bonds is 3. The van der Waals surface area contributed by atoms with Gasteiger partial charge in [-0.2, -0.15) is 0 Å². The number of carbonyl (C=O) groups excluding carboxylic acids is 1. The van der Waals surface area contributed by atoms with Crippen molar-refractivity contribution >= 4 is 16.9 Å². The summed E-state index contributed by atoms with van der Waals surface area (Å²) in [5.41, 5.74) is 2.89. The third-order valence-corrected chi connectivity index (χ3v) is 4.88. The van der Waals surface area contributed by atoms with Crippen LogP contribution in [0.1, 0.15) is 27.7 Å². The number of nitrogens with one attached hydrogen (secondary N) is 1. The zero-order valence-corrected chi connectivity index (χ0v) is 15.0. The Morgan fingerprint density at radius 3 is 2.92 bits per heavy atom. The molecular formula is C21H22N2O3.